The summed E-state index contributed by atoms with van der Waals surface area (Å²) in [5.74, 6) is 0.776. The Morgan fingerprint density at radius 1 is 1.29 bits per heavy atom. The molecule has 1 aliphatic carbocycles. The first-order chi connectivity index (χ1) is 8.33. The van der Waals surface area contributed by atoms with E-state index in [1.54, 1.807) is 0 Å². The van der Waals surface area contributed by atoms with E-state index in [1.807, 2.05) is 24.1 Å². The van der Waals surface area contributed by atoms with E-state index in [9.17, 15) is 0 Å². The van der Waals surface area contributed by atoms with Crippen LogP contribution in [0.25, 0.3) is 0 Å². The van der Waals surface area contributed by atoms with E-state index < -0.39 is 0 Å². The lowest BCUT2D eigenvalue weighted by atomic mass is 10.0. The van der Waals surface area contributed by atoms with Crippen molar-refractivity contribution in [3.8, 4) is 0 Å². The number of hydrogen-bond acceptors (Lipinski definition) is 2. The lowest BCUT2D eigenvalue weighted by Crippen LogP contribution is -2.12. The fourth-order valence-corrected chi connectivity index (χ4v) is 2.24. The highest BCUT2D eigenvalue weighted by molar-refractivity contribution is 5.42. The molecule has 1 heterocycles. The van der Waals surface area contributed by atoms with Gasteiger partial charge in [-0.2, -0.15) is 5.10 Å². The highest BCUT2D eigenvalue weighted by atomic mass is 15.3. The fourth-order valence-electron chi connectivity index (χ4n) is 2.24. The molecule has 0 spiro atoms. The van der Waals surface area contributed by atoms with E-state index in [0.717, 1.165) is 11.6 Å². The molecule has 1 unspecified atom stereocenters. The lowest BCUT2D eigenvalue weighted by Gasteiger charge is -2.18. The normalized spacial score (nSPS) is 16.8. The van der Waals surface area contributed by atoms with E-state index >= 15 is 0 Å². The van der Waals surface area contributed by atoms with Gasteiger partial charge in [-0.25, -0.2) is 0 Å². The summed E-state index contributed by atoms with van der Waals surface area (Å²) in [5.41, 5.74) is 2.48. The monoisotopic (exact) mass is 227 g/mol. The summed E-state index contributed by atoms with van der Waals surface area (Å²) in [6.45, 7) is 0. The molecule has 2 aromatic rings. The van der Waals surface area contributed by atoms with Gasteiger partial charge >= 0.3 is 0 Å². The van der Waals surface area contributed by atoms with Crippen molar-refractivity contribution in [1.29, 1.82) is 0 Å². The van der Waals surface area contributed by atoms with Gasteiger partial charge in [0.05, 0.1) is 17.9 Å². The molecule has 1 aliphatic rings. The van der Waals surface area contributed by atoms with Crippen LogP contribution in [0, 0.1) is 5.92 Å². The number of benzene rings is 1. The molecule has 0 aliphatic heterocycles. The summed E-state index contributed by atoms with van der Waals surface area (Å²) in [4.78, 5) is 0. The highest BCUT2D eigenvalue weighted by Gasteiger charge is 2.32. The summed E-state index contributed by atoms with van der Waals surface area (Å²) in [7, 11) is 1.94. The number of aromatic nitrogens is 2. The Bertz CT molecular complexity index is 485. The molecule has 3 rings (SSSR count). The Labute approximate surface area is 101 Å². The molecule has 3 heteroatoms. The molecule has 1 aromatic carbocycles. The number of anilines is 1. The van der Waals surface area contributed by atoms with E-state index in [-0.39, 0.29) is 0 Å². The molecule has 17 heavy (non-hydrogen) atoms. The van der Waals surface area contributed by atoms with Crippen molar-refractivity contribution in [2.45, 2.75) is 18.9 Å². The van der Waals surface area contributed by atoms with Gasteiger partial charge in [0.15, 0.2) is 0 Å². The van der Waals surface area contributed by atoms with Gasteiger partial charge in [0.1, 0.15) is 0 Å². The Morgan fingerprint density at radius 2 is 2.06 bits per heavy atom. The zero-order valence-electron chi connectivity index (χ0n) is 10.0. The summed E-state index contributed by atoms with van der Waals surface area (Å²) in [5, 5.41) is 7.79. The molecular formula is C14H17N3. The average molecular weight is 227 g/mol. The van der Waals surface area contributed by atoms with Crippen molar-refractivity contribution >= 4 is 5.69 Å². The minimum Gasteiger partial charge on any atom is -0.375 e. The van der Waals surface area contributed by atoms with Gasteiger partial charge in [-0.05, 0) is 24.3 Å². The van der Waals surface area contributed by atoms with Crippen LogP contribution >= 0.6 is 0 Å². The second-order valence-corrected chi connectivity index (χ2v) is 4.77. The van der Waals surface area contributed by atoms with Crippen molar-refractivity contribution in [2.75, 3.05) is 5.32 Å². The second kappa shape index (κ2) is 4.24. The predicted octanol–water partition coefficient (Wildman–Crippen LogP) is 2.98. The molecule has 1 atom stereocenters. The van der Waals surface area contributed by atoms with E-state index in [2.05, 4.69) is 40.7 Å². The quantitative estimate of drug-likeness (QED) is 0.870. The van der Waals surface area contributed by atoms with Gasteiger partial charge in [-0.1, -0.05) is 30.3 Å². The largest absolute Gasteiger partial charge is 0.375 e. The molecule has 1 N–H and O–H groups in total. The zero-order chi connectivity index (χ0) is 11.7. The average Bonchev–Trinajstić information content (AvgIpc) is 3.11. The molecule has 1 saturated carbocycles. The van der Waals surface area contributed by atoms with Crippen LogP contribution in [-0.2, 0) is 7.05 Å². The Morgan fingerprint density at radius 3 is 2.65 bits per heavy atom. The Hall–Kier alpha value is -1.77. The molecular weight excluding hydrogens is 210 g/mol. The number of nitrogens with one attached hydrogen (secondary N) is 1. The van der Waals surface area contributed by atoms with Gasteiger partial charge in [-0.15, -0.1) is 0 Å². The van der Waals surface area contributed by atoms with Crippen molar-refractivity contribution in [3.05, 3.63) is 48.3 Å². The van der Waals surface area contributed by atoms with E-state index in [4.69, 9.17) is 0 Å². The predicted molar refractivity (Wildman–Crippen MR) is 68.7 cm³/mol. The molecule has 1 fully saturated rings. The minimum absolute atomic E-state index is 0.431. The maximum absolute atomic E-state index is 4.20. The van der Waals surface area contributed by atoms with Crippen molar-refractivity contribution in [1.82, 2.24) is 9.78 Å². The van der Waals surface area contributed by atoms with E-state index in [1.165, 1.54) is 18.4 Å². The number of nitrogens with zero attached hydrogens (tertiary/aromatic N) is 2. The Kier molecular flexibility index (Phi) is 2.59. The number of rotatable bonds is 4. The van der Waals surface area contributed by atoms with Crippen LogP contribution in [0.2, 0.25) is 0 Å². The zero-order valence-corrected chi connectivity index (χ0v) is 10.0. The highest BCUT2D eigenvalue weighted by Crippen LogP contribution is 2.42. The molecule has 0 saturated heterocycles. The topological polar surface area (TPSA) is 29.9 Å². The van der Waals surface area contributed by atoms with Crippen molar-refractivity contribution in [2.24, 2.45) is 13.0 Å². The lowest BCUT2D eigenvalue weighted by molar-refractivity contribution is 0.679. The Balaban J connectivity index is 1.81. The van der Waals surface area contributed by atoms with Crippen LogP contribution in [0.15, 0.2) is 42.7 Å². The van der Waals surface area contributed by atoms with E-state index in [0.29, 0.717) is 6.04 Å². The van der Waals surface area contributed by atoms with Crippen LogP contribution in [-0.4, -0.2) is 9.78 Å². The van der Waals surface area contributed by atoms with Gasteiger partial charge in [0.25, 0.3) is 0 Å². The molecule has 88 valence electrons. The standard InChI is InChI=1S/C14H17N3/c1-17-10-13(9-15-17)16-14(12-7-8-12)11-5-3-2-4-6-11/h2-6,9-10,12,14,16H,7-8H2,1H3. The van der Waals surface area contributed by atoms with Crippen LogP contribution in [0.4, 0.5) is 5.69 Å². The summed E-state index contributed by atoms with van der Waals surface area (Å²) >= 11 is 0. The van der Waals surface area contributed by atoms with Crippen LogP contribution in [0.1, 0.15) is 24.4 Å². The number of aryl methyl sites for hydroxylation is 1. The van der Waals surface area contributed by atoms with Gasteiger partial charge in [0.2, 0.25) is 0 Å². The molecule has 0 amide bonds. The number of hydrogen-bond donors (Lipinski definition) is 1. The molecule has 3 nitrogen and oxygen atoms in total. The SMILES string of the molecule is Cn1cc(NC(c2ccccc2)C2CC2)cn1. The fraction of sp³-hybridized carbons (Fsp3) is 0.357. The van der Waals surface area contributed by atoms with Crippen molar-refractivity contribution < 1.29 is 0 Å². The van der Waals surface area contributed by atoms with Crippen LogP contribution in [0.3, 0.4) is 0 Å². The first-order valence-electron chi connectivity index (χ1n) is 6.13. The summed E-state index contributed by atoms with van der Waals surface area (Å²) in [6.07, 6.45) is 6.57. The smallest absolute Gasteiger partial charge is 0.0731 e. The van der Waals surface area contributed by atoms with Gasteiger partial charge in [0, 0.05) is 13.2 Å². The first-order valence-corrected chi connectivity index (χ1v) is 6.13. The first kappa shape index (κ1) is 10.4. The van der Waals surface area contributed by atoms with Crippen LogP contribution < -0.4 is 5.32 Å². The molecule has 0 bridgehead atoms. The maximum Gasteiger partial charge on any atom is 0.0731 e. The van der Waals surface area contributed by atoms with Crippen molar-refractivity contribution in [3.63, 3.8) is 0 Å². The van der Waals surface area contributed by atoms with Crippen LogP contribution in [0.5, 0.6) is 0 Å². The third kappa shape index (κ3) is 2.33. The molecule has 0 radical (unpaired) electrons. The minimum atomic E-state index is 0.431. The second-order valence-electron chi connectivity index (χ2n) is 4.77. The maximum atomic E-state index is 4.20. The summed E-state index contributed by atoms with van der Waals surface area (Å²) < 4.78 is 1.83. The third-order valence-electron chi connectivity index (χ3n) is 3.28. The van der Waals surface area contributed by atoms with Gasteiger partial charge < -0.3 is 5.32 Å². The summed E-state index contributed by atoms with van der Waals surface area (Å²) in [6, 6.07) is 11.1. The third-order valence-corrected chi connectivity index (χ3v) is 3.28. The molecule has 1 aromatic heterocycles. The van der Waals surface area contributed by atoms with Gasteiger partial charge in [-0.3, -0.25) is 4.68 Å².